The van der Waals surface area contributed by atoms with E-state index in [2.05, 4.69) is 29.1 Å². The summed E-state index contributed by atoms with van der Waals surface area (Å²) in [5.74, 6) is 1.85. The molecule has 1 aliphatic rings. The summed E-state index contributed by atoms with van der Waals surface area (Å²) in [7, 11) is 0. The molecule has 2 rings (SSSR count). The van der Waals surface area contributed by atoms with Gasteiger partial charge in [0.15, 0.2) is 0 Å². The molecule has 0 aliphatic heterocycles. The first-order valence-electron chi connectivity index (χ1n) is 7.00. The molecule has 0 amide bonds. The van der Waals surface area contributed by atoms with Gasteiger partial charge in [-0.15, -0.1) is 0 Å². The van der Waals surface area contributed by atoms with Gasteiger partial charge in [0.2, 0.25) is 0 Å². The van der Waals surface area contributed by atoms with Crippen molar-refractivity contribution < 1.29 is 0 Å². The Kier molecular flexibility index (Phi) is 4.81. The van der Waals surface area contributed by atoms with Crippen LogP contribution in [0.5, 0.6) is 0 Å². The minimum atomic E-state index is 0.545. The Hall–Kier alpha value is -0.830. The molecule has 1 aromatic heterocycles. The van der Waals surface area contributed by atoms with Crippen molar-refractivity contribution >= 4 is 17.4 Å². The Morgan fingerprint density at radius 3 is 2.56 bits per heavy atom. The van der Waals surface area contributed by atoms with Crippen LogP contribution in [-0.2, 0) is 6.42 Å². The van der Waals surface area contributed by atoms with Crippen LogP contribution >= 0.6 is 11.6 Å². The van der Waals surface area contributed by atoms with E-state index >= 15 is 0 Å². The summed E-state index contributed by atoms with van der Waals surface area (Å²) in [4.78, 5) is 8.38. The number of halogens is 1. The SMILES string of the molecule is CCc1c(Cl)ncnc1NC1CCC(CC)CC1. The van der Waals surface area contributed by atoms with Gasteiger partial charge in [-0.05, 0) is 38.0 Å². The lowest BCUT2D eigenvalue weighted by Gasteiger charge is -2.29. The molecule has 0 saturated heterocycles. The predicted molar refractivity (Wildman–Crippen MR) is 76.1 cm³/mol. The fourth-order valence-corrected chi connectivity index (χ4v) is 3.00. The molecule has 18 heavy (non-hydrogen) atoms. The summed E-state index contributed by atoms with van der Waals surface area (Å²) < 4.78 is 0. The highest BCUT2D eigenvalue weighted by Gasteiger charge is 2.21. The number of nitrogens with one attached hydrogen (secondary N) is 1. The van der Waals surface area contributed by atoms with E-state index in [1.807, 2.05) is 0 Å². The maximum atomic E-state index is 6.10. The molecule has 0 unspecified atom stereocenters. The Morgan fingerprint density at radius 2 is 1.94 bits per heavy atom. The minimum Gasteiger partial charge on any atom is -0.367 e. The molecule has 1 fully saturated rings. The zero-order valence-corrected chi connectivity index (χ0v) is 12.0. The Labute approximate surface area is 114 Å². The van der Waals surface area contributed by atoms with E-state index in [-0.39, 0.29) is 0 Å². The third-order valence-electron chi connectivity index (χ3n) is 4.01. The van der Waals surface area contributed by atoms with Crippen molar-refractivity contribution in [3.05, 3.63) is 17.0 Å². The molecule has 0 spiro atoms. The molecule has 0 atom stereocenters. The lowest BCUT2D eigenvalue weighted by Crippen LogP contribution is -2.27. The summed E-state index contributed by atoms with van der Waals surface area (Å²) >= 11 is 6.10. The Morgan fingerprint density at radius 1 is 1.22 bits per heavy atom. The van der Waals surface area contributed by atoms with Crippen molar-refractivity contribution in [2.24, 2.45) is 5.92 Å². The molecule has 0 aromatic carbocycles. The van der Waals surface area contributed by atoms with Crippen LogP contribution < -0.4 is 5.32 Å². The van der Waals surface area contributed by atoms with E-state index in [0.29, 0.717) is 11.2 Å². The first-order valence-corrected chi connectivity index (χ1v) is 7.38. The average molecular weight is 268 g/mol. The lowest BCUT2D eigenvalue weighted by molar-refractivity contribution is 0.329. The van der Waals surface area contributed by atoms with E-state index in [4.69, 9.17) is 11.6 Å². The van der Waals surface area contributed by atoms with Crippen molar-refractivity contribution in [3.63, 3.8) is 0 Å². The third-order valence-corrected chi connectivity index (χ3v) is 4.34. The maximum Gasteiger partial charge on any atom is 0.137 e. The lowest BCUT2D eigenvalue weighted by atomic mass is 9.84. The van der Waals surface area contributed by atoms with Crippen LogP contribution in [0.3, 0.4) is 0 Å². The van der Waals surface area contributed by atoms with Gasteiger partial charge in [0.05, 0.1) is 0 Å². The molecular weight excluding hydrogens is 246 g/mol. The van der Waals surface area contributed by atoms with E-state index in [1.54, 1.807) is 6.33 Å². The van der Waals surface area contributed by atoms with Gasteiger partial charge in [0.25, 0.3) is 0 Å². The van der Waals surface area contributed by atoms with Crippen LogP contribution in [0.4, 0.5) is 5.82 Å². The highest BCUT2D eigenvalue weighted by molar-refractivity contribution is 6.30. The van der Waals surface area contributed by atoms with Crippen LogP contribution in [0.2, 0.25) is 5.15 Å². The van der Waals surface area contributed by atoms with E-state index in [9.17, 15) is 0 Å². The summed E-state index contributed by atoms with van der Waals surface area (Å²) in [5, 5.41) is 4.13. The minimum absolute atomic E-state index is 0.545. The second-order valence-electron chi connectivity index (χ2n) is 5.12. The summed E-state index contributed by atoms with van der Waals surface area (Å²) in [6, 6.07) is 0.545. The van der Waals surface area contributed by atoms with Crippen LogP contribution in [0.25, 0.3) is 0 Å². The topological polar surface area (TPSA) is 37.8 Å². The molecule has 4 heteroatoms. The standard InChI is InChI=1S/C14H22ClN3/c1-3-10-5-7-11(8-6-10)18-14-12(4-2)13(15)16-9-17-14/h9-11H,3-8H2,1-2H3,(H,16,17,18). The zero-order valence-electron chi connectivity index (χ0n) is 11.2. The molecule has 100 valence electrons. The van der Waals surface area contributed by atoms with Gasteiger partial charge < -0.3 is 5.32 Å². The Balaban J connectivity index is 2.00. The molecule has 3 nitrogen and oxygen atoms in total. The predicted octanol–water partition coefficient (Wildman–Crippen LogP) is 4.07. The normalized spacial score (nSPS) is 23.9. The molecule has 0 radical (unpaired) electrons. The van der Waals surface area contributed by atoms with Crippen molar-refractivity contribution in [2.75, 3.05) is 5.32 Å². The smallest absolute Gasteiger partial charge is 0.137 e. The third kappa shape index (κ3) is 3.14. The molecule has 1 N–H and O–H groups in total. The van der Waals surface area contributed by atoms with Crippen molar-refractivity contribution in [2.45, 2.75) is 58.4 Å². The number of hydrogen-bond donors (Lipinski definition) is 1. The van der Waals surface area contributed by atoms with Crippen LogP contribution in [0, 0.1) is 5.92 Å². The van der Waals surface area contributed by atoms with Crippen molar-refractivity contribution in [1.82, 2.24) is 9.97 Å². The van der Waals surface area contributed by atoms with Gasteiger partial charge in [-0.25, -0.2) is 9.97 Å². The van der Waals surface area contributed by atoms with Gasteiger partial charge in [-0.1, -0.05) is 31.9 Å². The second kappa shape index (κ2) is 6.37. The first kappa shape index (κ1) is 13.6. The molecule has 1 saturated carbocycles. The molecule has 1 heterocycles. The van der Waals surface area contributed by atoms with Crippen molar-refractivity contribution in [1.29, 1.82) is 0 Å². The van der Waals surface area contributed by atoms with Crippen LogP contribution in [-0.4, -0.2) is 16.0 Å². The van der Waals surface area contributed by atoms with Gasteiger partial charge in [-0.3, -0.25) is 0 Å². The van der Waals surface area contributed by atoms with Gasteiger partial charge in [-0.2, -0.15) is 0 Å². The van der Waals surface area contributed by atoms with E-state index in [0.717, 1.165) is 23.7 Å². The van der Waals surface area contributed by atoms with Crippen LogP contribution in [0.1, 0.15) is 51.5 Å². The highest BCUT2D eigenvalue weighted by atomic mass is 35.5. The van der Waals surface area contributed by atoms with E-state index in [1.165, 1.54) is 32.1 Å². The monoisotopic (exact) mass is 267 g/mol. The van der Waals surface area contributed by atoms with Gasteiger partial charge >= 0.3 is 0 Å². The zero-order chi connectivity index (χ0) is 13.0. The molecule has 1 aromatic rings. The Bertz CT molecular complexity index is 387. The number of anilines is 1. The number of nitrogens with zero attached hydrogens (tertiary/aromatic N) is 2. The number of hydrogen-bond acceptors (Lipinski definition) is 3. The van der Waals surface area contributed by atoms with Gasteiger partial charge in [0, 0.05) is 11.6 Å². The molecule has 1 aliphatic carbocycles. The quantitative estimate of drug-likeness (QED) is 0.836. The summed E-state index contributed by atoms with van der Waals surface area (Å²) in [6.45, 7) is 4.38. The fourth-order valence-electron chi connectivity index (χ4n) is 2.74. The number of aromatic nitrogens is 2. The molecular formula is C14H22ClN3. The van der Waals surface area contributed by atoms with E-state index < -0.39 is 0 Å². The largest absolute Gasteiger partial charge is 0.367 e. The maximum absolute atomic E-state index is 6.10. The van der Waals surface area contributed by atoms with Gasteiger partial charge in [0.1, 0.15) is 17.3 Å². The number of rotatable bonds is 4. The van der Waals surface area contributed by atoms with Crippen molar-refractivity contribution in [3.8, 4) is 0 Å². The fraction of sp³-hybridized carbons (Fsp3) is 0.714. The molecule has 0 bridgehead atoms. The first-order chi connectivity index (χ1) is 8.74. The summed E-state index contributed by atoms with van der Waals surface area (Å²) in [5.41, 5.74) is 1.04. The average Bonchev–Trinajstić information content (AvgIpc) is 2.40. The van der Waals surface area contributed by atoms with Crippen LogP contribution in [0.15, 0.2) is 6.33 Å². The highest BCUT2D eigenvalue weighted by Crippen LogP contribution is 2.29. The summed E-state index contributed by atoms with van der Waals surface area (Å²) in [6.07, 6.45) is 8.86. The second-order valence-corrected chi connectivity index (χ2v) is 5.47.